The Morgan fingerprint density at radius 3 is 2.34 bits per heavy atom. The SMILES string of the molecule is Cn1nc(C2CCC(=O)NC2=O)c2ccc(C3CCN(CC4CCN(CC(=O)N5CCC(Nc6ncc(Cl)c(-c7cccc(-c8ccc(F)cc8)c7)n6)CC5)CC4)CC3)cc21. The lowest BCUT2D eigenvalue weighted by molar-refractivity contribution is -0.135. The molecule has 2 N–H and O–H groups in total. The minimum Gasteiger partial charge on any atom is -0.351 e. The molecule has 4 aliphatic rings. The quantitative estimate of drug-likeness (QED) is 0.143. The second-order valence-electron chi connectivity index (χ2n) is 17.4. The zero-order chi connectivity index (χ0) is 42.0. The van der Waals surface area contributed by atoms with Crippen LogP contribution in [0.4, 0.5) is 10.3 Å². The number of piperidine rings is 4. The number of rotatable bonds is 10. The van der Waals surface area contributed by atoms with Crippen LogP contribution in [0.3, 0.4) is 0 Å². The van der Waals surface area contributed by atoms with Gasteiger partial charge in [-0.25, -0.2) is 14.4 Å². The Balaban J connectivity index is 0.700. The van der Waals surface area contributed by atoms with E-state index in [1.54, 1.807) is 18.3 Å². The summed E-state index contributed by atoms with van der Waals surface area (Å²) in [5, 5.41) is 12.1. The van der Waals surface area contributed by atoms with E-state index in [0.29, 0.717) is 61.0 Å². The Hall–Kier alpha value is -5.24. The lowest BCUT2D eigenvalue weighted by Crippen LogP contribution is -2.48. The number of carbonyl (C=O) groups excluding carboxylic acids is 3. The zero-order valence-corrected chi connectivity index (χ0v) is 35.4. The molecule has 5 aromatic rings. The van der Waals surface area contributed by atoms with E-state index in [1.807, 2.05) is 40.9 Å². The Labute approximate surface area is 360 Å². The molecular formula is C47H53ClFN9O3. The van der Waals surface area contributed by atoms with Gasteiger partial charge in [0.1, 0.15) is 5.82 Å². The second-order valence-corrected chi connectivity index (χ2v) is 17.8. The number of nitrogens with zero attached hydrogens (tertiary/aromatic N) is 7. The van der Waals surface area contributed by atoms with Gasteiger partial charge in [-0.2, -0.15) is 5.10 Å². The molecular weight excluding hydrogens is 793 g/mol. The molecule has 14 heteroatoms. The highest BCUT2D eigenvalue weighted by atomic mass is 35.5. The van der Waals surface area contributed by atoms with E-state index < -0.39 is 5.92 Å². The van der Waals surface area contributed by atoms with E-state index in [0.717, 1.165) is 105 Å². The van der Waals surface area contributed by atoms with E-state index in [-0.39, 0.29) is 29.6 Å². The molecule has 318 valence electrons. The normalized spacial score (nSPS) is 20.3. The van der Waals surface area contributed by atoms with Crippen LogP contribution >= 0.6 is 11.6 Å². The number of amides is 3. The predicted molar refractivity (Wildman–Crippen MR) is 235 cm³/mol. The summed E-state index contributed by atoms with van der Waals surface area (Å²) in [6.45, 7) is 7.07. The minimum atomic E-state index is -0.392. The Bertz CT molecular complexity index is 2400. The first kappa shape index (κ1) is 41.1. The fourth-order valence-corrected chi connectivity index (χ4v) is 9.98. The number of anilines is 1. The third kappa shape index (κ3) is 9.34. The average molecular weight is 846 g/mol. The molecule has 9 rings (SSSR count). The van der Waals surface area contributed by atoms with E-state index in [2.05, 4.69) is 43.6 Å². The summed E-state index contributed by atoms with van der Waals surface area (Å²) in [5.41, 5.74) is 6.46. The van der Waals surface area contributed by atoms with Crippen molar-refractivity contribution in [3.8, 4) is 22.4 Å². The van der Waals surface area contributed by atoms with Gasteiger partial charge in [-0.15, -0.1) is 0 Å². The van der Waals surface area contributed by atoms with Crippen molar-refractivity contribution in [3.63, 3.8) is 0 Å². The first-order valence-corrected chi connectivity index (χ1v) is 22.2. The number of benzene rings is 3. The van der Waals surface area contributed by atoms with Crippen LogP contribution < -0.4 is 10.6 Å². The van der Waals surface area contributed by atoms with Gasteiger partial charge in [-0.1, -0.05) is 54.1 Å². The number of hydrogen-bond donors (Lipinski definition) is 2. The first-order valence-electron chi connectivity index (χ1n) is 21.8. The Kier molecular flexibility index (Phi) is 12.1. The van der Waals surface area contributed by atoms with Crippen LogP contribution in [0.5, 0.6) is 0 Å². The van der Waals surface area contributed by atoms with E-state index >= 15 is 0 Å². The van der Waals surface area contributed by atoms with Gasteiger partial charge in [0.25, 0.3) is 0 Å². The van der Waals surface area contributed by atoms with Gasteiger partial charge in [-0.05, 0) is 124 Å². The topological polar surface area (TPSA) is 129 Å². The zero-order valence-electron chi connectivity index (χ0n) is 34.7. The van der Waals surface area contributed by atoms with Crippen LogP contribution in [0.1, 0.15) is 74.5 Å². The molecule has 0 spiro atoms. The molecule has 0 saturated carbocycles. The van der Waals surface area contributed by atoms with Gasteiger partial charge in [-0.3, -0.25) is 29.3 Å². The van der Waals surface area contributed by atoms with Gasteiger partial charge in [0.05, 0.1) is 40.6 Å². The molecule has 4 saturated heterocycles. The summed E-state index contributed by atoms with van der Waals surface area (Å²) in [6, 6.07) is 21.0. The molecule has 4 fully saturated rings. The molecule has 0 bridgehead atoms. The molecule has 6 heterocycles. The van der Waals surface area contributed by atoms with Gasteiger partial charge < -0.3 is 15.1 Å². The number of hydrogen-bond acceptors (Lipinski definition) is 9. The summed E-state index contributed by atoms with van der Waals surface area (Å²) in [4.78, 5) is 53.9. The minimum absolute atomic E-state index is 0.147. The number of carbonyl (C=O) groups is 3. The molecule has 12 nitrogen and oxygen atoms in total. The first-order chi connectivity index (χ1) is 29.6. The number of likely N-dealkylation sites (tertiary alicyclic amines) is 3. The molecule has 4 aliphatic heterocycles. The maximum absolute atomic E-state index is 13.5. The van der Waals surface area contributed by atoms with E-state index in [9.17, 15) is 18.8 Å². The molecule has 1 unspecified atom stereocenters. The highest BCUT2D eigenvalue weighted by molar-refractivity contribution is 6.33. The van der Waals surface area contributed by atoms with Crippen molar-refractivity contribution >= 4 is 46.2 Å². The number of fused-ring (bicyclic) bond motifs is 1. The van der Waals surface area contributed by atoms with Gasteiger partial charge in [0.15, 0.2) is 0 Å². The van der Waals surface area contributed by atoms with Gasteiger partial charge in [0, 0.05) is 50.1 Å². The predicted octanol–water partition coefficient (Wildman–Crippen LogP) is 7.00. The largest absolute Gasteiger partial charge is 0.351 e. The number of imide groups is 1. The fourth-order valence-electron chi connectivity index (χ4n) is 9.78. The number of aromatic nitrogens is 4. The van der Waals surface area contributed by atoms with Crippen molar-refractivity contribution in [3.05, 3.63) is 95.0 Å². The summed E-state index contributed by atoms with van der Waals surface area (Å²) < 4.78 is 15.4. The molecule has 0 aliphatic carbocycles. The monoisotopic (exact) mass is 845 g/mol. The van der Waals surface area contributed by atoms with Crippen molar-refractivity contribution in [2.45, 2.75) is 69.2 Å². The standard InChI is InChI=1S/C47H53ClFN9O3/c1-55-41-26-34(7-10-38(41)45(54-55)39-11-12-42(59)52-46(39)61)32-15-21-56(22-16-32)28-30-13-19-57(20-14-30)29-43(60)58-23-17-37(18-24-58)51-47-50-27-40(48)44(53-47)35-4-2-3-33(25-35)31-5-8-36(49)9-6-31/h2-10,25-27,30,32,37,39H,11-24,28-29H2,1H3,(H,50,51,53)(H,52,59,61). The average Bonchev–Trinajstić information content (AvgIpc) is 3.60. The third-order valence-electron chi connectivity index (χ3n) is 13.4. The Morgan fingerprint density at radius 2 is 1.59 bits per heavy atom. The maximum Gasteiger partial charge on any atom is 0.236 e. The van der Waals surface area contributed by atoms with Crippen LogP contribution in [0, 0.1) is 11.7 Å². The van der Waals surface area contributed by atoms with Crippen molar-refractivity contribution in [1.82, 2.24) is 39.8 Å². The van der Waals surface area contributed by atoms with Gasteiger partial charge in [0.2, 0.25) is 23.7 Å². The van der Waals surface area contributed by atoms with E-state index in [1.165, 1.54) is 17.7 Å². The van der Waals surface area contributed by atoms with E-state index in [4.69, 9.17) is 21.7 Å². The molecule has 3 amide bonds. The molecule has 3 aromatic carbocycles. The van der Waals surface area contributed by atoms with Crippen LogP contribution in [-0.4, -0.2) is 111 Å². The van der Waals surface area contributed by atoms with Crippen LogP contribution in [0.15, 0.2) is 72.9 Å². The van der Waals surface area contributed by atoms with Crippen LogP contribution in [-0.2, 0) is 21.4 Å². The lowest BCUT2D eigenvalue weighted by atomic mass is 9.87. The molecule has 0 radical (unpaired) electrons. The van der Waals surface area contributed by atoms with Crippen molar-refractivity contribution in [1.29, 1.82) is 0 Å². The molecule has 61 heavy (non-hydrogen) atoms. The van der Waals surface area contributed by atoms with Crippen molar-refractivity contribution in [2.24, 2.45) is 13.0 Å². The third-order valence-corrected chi connectivity index (χ3v) is 13.6. The Morgan fingerprint density at radius 1 is 0.852 bits per heavy atom. The van der Waals surface area contributed by atoms with Crippen molar-refractivity contribution < 1.29 is 18.8 Å². The fraction of sp³-hybridized carbons (Fsp3) is 0.447. The summed E-state index contributed by atoms with van der Waals surface area (Å²) >= 11 is 6.57. The van der Waals surface area contributed by atoms with Crippen molar-refractivity contribution in [2.75, 3.05) is 57.7 Å². The maximum atomic E-state index is 13.5. The van der Waals surface area contributed by atoms with Crippen LogP contribution in [0.25, 0.3) is 33.3 Å². The van der Waals surface area contributed by atoms with Gasteiger partial charge >= 0.3 is 0 Å². The number of halogens is 2. The summed E-state index contributed by atoms with van der Waals surface area (Å²) in [5.74, 6) is 0.736. The summed E-state index contributed by atoms with van der Waals surface area (Å²) in [7, 11) is 1.93. The number of nitrogens with one attached hydrogen (secondary N) is 2. The molecule has 1 atom stereocenters. The number of aryl methyl sites for hydroxylation is 1. The highest BCUT2D eigenvalue weighted by Gasteiger charge is 2.33. The van der Waals surface area contributed by atoms with Crippen LogP contribution in [0.2, 0.25) is 5.02 Å². The lowest BCUT2D eigenvalue weighted by Gasteiger charge is -2.38. The molecule has 2 aromatic heterocycles. The summed E-state index contributed by atoms with van der Waals surface area (Å²) in [6.07, 6.45) is 8.56. The smallest absolute Gasteiger partial charge is 0.236 e. The highest BCUT2D eigenvalue weighted by Crippen LogP contribution is 2.35. The second kappa shape index (κ2) is 18.0.